The quantitative estimate of drug-likeness (QED) is 0.386. The molecular formula is C20H43NO3. The molecule has 5 N–H and O–H groups in total. The fourth-order valence-electron chi connectivity index (χ4n) is 3.00. The van der Waals surface area contributed by atoms with Crippen molar-refractivity contribution in [1.29, 1.82) is 0 Å². The second-order valence-corrected chi connectivity index (χ2v) is 7.71. The van der Waals surface area contributed by atoms with E-state index in [0.717, 1.165) is 12.8 Å². The Labute approximate surface area is 150 Å². The topological polar surface area (TPSA) is 96.9 Å². The van der Waals surface area contributed by atoms with Crippen molar-refractivity contribution in [2.75, 3.05) is 0 Å². The van der Waals surface area contributed by atoms with Gasteiger partial charge in [0.25, 0.3) is 0 Å². The average molecular weight is 346 g/mol. The summed E-state index contributed by atoms with van der Waals surface area (Å²) in [6, 6.07) is 0. The van der Waals surface area contributed by atoms with Gasteiger partial charge < -0.3 is 21.2 Å². The van der Waals surface area contributed by atoms with Crippen LogP contribution in [0.15, 0.2) is 0 Å². The first kappa shape index (κ1) is 25.6. The van der Waals surface area contributed by atoms with Gasteiger partial charge in [0.2, 0.25) is 0 Å². The molecule has 0 radical (unpaired) electrons. The molecular weight excluding hydrogens is 302 g/mol. The third-order valence-electron chi connectivity index (χ3n) is 4.69. The summed E-state index contributed by atoms with van der Waals surface area (Å²) in [6.45, 7) is 5.49. The summed E-state index contributed by atoms with van der Waals surface area (Å²) in [6.07, 6.45) is 16.0. The molecule has 1 unspecified atom stereocenters. The summed E-state index contributed by atoms with van der Waals surface area (Å²) < 4.78 is 0. The standard InChI is InChI=1S/C20H40O3.H3N/c1-4-5-6-7-8-9-10-11-12-13-14-15-16-18(21)17-20(2,3)19(22)23;/h18,21H,4-17H2,1-3H3,(H,22,23);1H3. The van der Waals surface area contributed by atoms with Crippen LogP contribution in [0.2, 0.25) is 0 Å². The van der Waals surface area contributed by atoms with Crippen LogP contribution in [0.25, 0.3) is 0 Å². The largest absolute Gasteiger partial charge is 0.550 e. The van der Waals surface area contributed by atoms with Crippen LogP contribution in [0.1, 0.15) is 111 Å². The van der Waals surface area contributed by atoms with E-state index in [1.54, 1.807) is 13.8 Å². The highest BCUT2D eigenvalue weighted by Gasteiger charge is 2.23. The van der Waals surface area contributed by atoms with E-state index in [9.17, 15) is 15.0 Å². The van der Waals surface area contributed by atoms with E-state index < -0.39 is 17.5 Å². The zero-order chi connectivity index (χ0) is 17.6. The van der Waals surface area contributed by atoms with Crippen LogP contribution in [0.5, 0.6) is 0 Å². The number of hydrogen-bond acceptors (Lipinski definition) is 3. The molecule has 0 aromatic carbocycles. The van der Waals surface area contributed by atoms with Crippen molar-refractivity contribution >= 4 is 5.97 Å². The van der Waals surface area contributed by atoms with Crippen LogP contribution >= 0.6 is 0 Å². The Hall–Kier alpha value is -0.610. The van der Waals surface area contributed by atoms with E-state index in [-0.39, 0.29) is 12.6 Å². The smallest absolute Gasteiger partial charge is 0.0549 e. The maximum Gasteiger partial charge on any atom is 0.0549 e. The van der Waals surface area contributed by atoms with Crippen LogP contribution < -0.4 is 11.3 Å². The SMILES string of the molecule is CCCCCCCCCCCCCCC(O)CC(C)(C)C(=O)[O-].[NH4+]. The lowest BCUT2D eigenvalue weighted by atomic mass is 9.85. The summed E-state index contributed by atoms with van der Waals surface area (Å²) in [7, 11) is 0. The van der Waals surface area contributed by atoms with Gasteiger partial charge in [-0.3, -0.25) is 0 Å². The van der Waals surface area contributed by atoms with Gasteiger partial charge >= 0.3 is 0 Å². The van der Waals surface area contributed by atoms with Gasteiger partial charge in [0.1, 0.15) is 0 Å². The number of quaternary nitrogens is 1. The lowest BCUT2D eigenvalue weighted by Crippen LogP contribution is -2.40. The number of carbonyl (C=O) groups excluding carboxylic acids is 1. The maximum atomic E-state index is 10.9. The molecule has 4 nitrogen and oxygen atoms in total. The summed E-state index contributed by atoms with van der Waals surface area (Å²) >= 11 is 0. The number of carboxylic acids is 1. The van der Waals surface area contributed by atoms with Gasteiger partial charge in [0.05, 0.1) is 6.10 Å². The minimum Gasteiger partial charge on any atom is -0.550 e. The van der Waals surface area contributed by atoms with Gasteiger partial charge in [-0.25, -0.2) is 0 Å². The van der Waals surface area contributed by atoms with Gasteiger partial charge in [0.15, 0.2) is 0 Å². The first-order valence-corrected chi connectivity index (χ1v) is 9.79. The lowest BCUT2D eigenvalue weighted by Gasteiger charge is -2.28. The van der Waals surface area contributed by atoms with E-state index in [1.165, 1.54) is 64.2 Å². The first-order chi connectivity index (χ1) is 10.9. The number of aliphatic carboxylic acids is 1. The molecule has 0 spiro atoms. The van der Waals surface area contributed by atoms with Crippen LogP contribution in [-0.4, -0.2) is 17.2 Å². The Morgan fingerprint density at radius 1 is 0.875 bits per heavy atom. The molecule has 146 valence electrons. The van der Waals surface area contributed by atoms with Gasteiger partial charge in [-0.2, -0.15) is 0 Å². The zero-order valence-electron chi connectivity index (χ0n) is 16.7. The second-order valence-electron chi connectivity index (χ2n) is 7.71. The second kappa shape index (κ2) is 15.9. The Morgan fingerprint density at radius 3 is 1.62 bits per heavy atom. The predicted octanol–water partition coefficient (Wildman–Crippen LogP) is 4.98. The average Bonchev–Trinajstić information content (AvgIpc) is 2.47. The van der Waals surface area contributed by atoms with Gasteiger partial charge in [0, 0.05) is 11.4 Å². The van der Waals surface area contributed by atoms with Gasteiger partial charge in [-0.15, -0.1) is 0 Å². The molecule has 0 fully saturated rings. The van der Waals surface area contributed by atoms with E-state index >= 15 is 0 Å². The van der Waals surface area contributed by atoms with Crippen molar-refractivity contribution in [2.45, 2.75) is 117 Å². The zero-order valence-corrected chi connectivity index (χ0v) is 16.7. The van der Waals surface area contributed by atoms with Crippen molar-refractivity contribution in [2.24, 2.45) is 5.41 Å². The van der Waals surface area contributed by atoms with Crippen LogP contribution in [0.3, 0.4) is 0 Å². The molecule has 0 aliphatic rings. The molecule has 0 saturated heterocycles. The Balaban J connectivity index is 0. The van der Waals surface area contributed by atoms with Crippen molar-refractivity contribution in [3.8, 4) is 0 Å². The molecule has 0 aromatic rings. The fraction of sp³-hybridized carbons (Fsp3) is 0.950. The number of aliphatic hydroxyl groups excluding tert-OH is 1. The Bertz CT molecular complexity index is 293. The lowest BCUT2D eigenvalue weighted by molar-refractivity contribution is -0.318. The number of carbonyl (C=O) groups is 1. The molecule has 1 atom stereocenters. The van der Waals surface area contributed by atoms with Crippen LogP contribution in [-0.2, 0) is 4.79 Å². The number of unbranched alkanes of at least 4 members (excludes halogenated alkanes) is 11. The first-order valence-electron chi connectivity index (χ1n) is 9.79. The summed E-state index contributed by atoms with van der Waals surface area (Å²) in [5, 5.41) is 20.8. The van der Waals surface area contributed by atoms with E-state index in [0.29, 0.717) is 6.42 Å². The highest BCUT2D eigenvalue weighted by Crippen LogP contribution is 2.24. The highest BCUT2D eigenvalue weighted by atomic mass is 16.4. The number of aliphatic hydroxyl groups is 1. The molecule has 0 bridgehead atoms. The fourth-order valence-corrected chi connectivity index (χ4v) is 3.00. The van der Waals surface area contributed by atoms with Gasteiger partial charge in [-0.05, 0) is 12.8 Å². The monoisotopic (exact) mass is 345 g/mol. The van der Waals surface area contributed by atoms with E-state index in [4.69, 9.17) is 0 Å². The van der Waals surface area contributed by atoms with Crippen LogP contribution in [0.4, 0.5) is 0 Å². The third-order valence-corrected chi connectivity index (χ3v) is 4.69. The van der Waals surface area contributed by atoms with Crippen molar-refractivity contribution in [1.82, 2.24) is 6.15 Å². The molecule has 0 aromatic heterocycles. The molecule has 0 saturated carbocycles. The molecule has 0 aliphatic heterocycles. The number of rotatable bonds is 16. The van der Waals surface area contributed by atoms with Gasteiger partial charge in [-0.1, -0.05) is 97.8 Å². The summed E-state index contributed by atoms with van der Waals surface area (Å²) in [4.78, 5) is 10.9. The van der Waals surface area contributed by atoms with Crippen molar-refractivity contribution in [3.05, 3.63) is 0 Å². The van der Waals surface area contributed by atoms with E-state index in [2.05, 4.69) is 6.92 Å². The number of hydrogen-bond donors (Lipinski definition) is 2. The predicted molar refractivity (Wildman–Crippen MR) is 101 cm³/mol. The Kier molecular flexibility index (Phi) is 17.0. The maximum absolute atomic E-state index is 10.9. The molecule has 24 heavy (non-hydrogen) atoms. The summed E-state index contributed by atoms with van der Waals surface area (Å²) in [5.74, 6) is -1.08. The molecule has 0 amide bonds. The van der Waals surface area contributed by atoms with E-state index in [1.807, 2.05) is 0 Å². The minimum absolute atomic E-state index is 0. The highest BCUT2D eigenvalue weighted by molar-refractivity contribution is 5.71. The minimum atomic E-state index is -1.08. The van der Waals surface area contributed by atoms with Crippen LogP contribution in [0, 0.1) is 5.41 Å². The molecule has 0 rings (SSSR count). The number of carboxylic acid groups (broad SMARTS) is 1. The third kappa shape index (κ3) is 14.9. The molecule has 0 heterocycles. The molecule has 4 heteroatoms. The summed E-state index contributed by atoms with van der Waals surface area (Å²) in [5.41, 5.74) is -0.934. The van der Waals surface area contributed by atoms with Crippen molar-refractivity contribution < 1.29 is 15.0 Å². The van der Waals surface area contributed by atoms with Crippen molar-refractivity contribution in [3.63, 3.8) is 0 Å². The molecule has 0 aliphatic carbocycles. The Morgan fingerprint density at radius 2 is 1.25 bits per heavy atom. The normalized spacial score (nSPS) is 12.7.